The molecule has 0 aliphatic carbocycles. The average Bonchev–Trinajstić information content (AvgIpc) is 2.59. The van der Waals surface area contributed by atoms with Crippen LogP contribution in [0.25, 0.3) is 5.65 Å². The summed E-state index contributed by atoms with van der Waals surface area (Å²) in [5, 5.41) is 0. The third kappa shape index (κ3) is 1.69. The molecule has 0 radical (unpaired) electrons. The lowest BCUT2D eigenvalue weighted by atomic mass is 10.5. The van der Waals surface area contributed by atoms with Crippen molar-refractivity contribution in [3.05, 3.63) is 34.4 Å². The van der Waals surface area contributed by atoms with Crippen molar-refractivity contribution in [3.8, 4) is 0 Å². The van der Waals surface area contributed by atoms with Gasteiger partial charge in [0, 0.05) is 6.20 Å². The molecule has 2 aromatic rings. The summed E-state index contributed by atoms with van der Waals surface area (Å²) in [5.41, 5.74) is 0.0526. The van der Waals surface area contributed by atoms with Crippen LogP contribution in [0.1, 0.15) is 17.4 Å². The van der Waals surface area contributed by atoms with Gasteiger partial charge in [-0.1, -0.05) is 0 Å². The van der Waals surface area contributed by atoms with Crippen LogP contribution in [0.4, 0.5) is 4.39 Å². The molecule has 2 rings (SSSR count). The number of carbonyl (C=O) groups is 1. The molecule has 0 aliphatic rings. The van der Waals surface area contributed by atoms with E-state index in [1.54, 1.807) is 19.1 Å². The van der Waals surface area contributed by atoms with Gasteiger partial charge in [0.25, 0.3) is 0 Å². The van der Waals surface area contributed by atoms with E-state index >= 15 is 0 Å². The number of aromatic nitrogens is 2. The van der Waals surface area contributed by atoms with Crippen LogP contribution in [0.15, 0.2) is 22.8 Å². The van der Waals surface area contributed by atoms with Gasteiger partial charge in [0.05, 0.1) is 11.1 Å². The van der Waals surface area contributed by atoms with Gasteiger partial charge in [-0.3, -0.25) is 4.40 Å². The topological polar surface area (TPSA) is 43.6 Å². The summed E-state index contributed by atoms with van der Waals surface area (Å²) in [5.74, 6) is -1.47. The summed E-state index contributed by atoms with van der Waals surface area (Å²) in [7, 11) is 0. The molecular formula is C10H8BrFN2O2. The third-order valence-corrected chi connectivity index (χ3v) is 2.63. The Hall–Kier alpha value is -1.43. The Morgan fingerprint density at radius 2 is 2.44 bits per heavy atom. The number of fused-ring (bicyclic) bond motifs is 1. The average molecular weight is 287 g/mol. The Labute approximate surface area is 99.2 Å². The molecule has 16 heavy (non-hydrogen) atoms. The number of halogens is 2. The van der Waals surface area contributed by atoms with Crippen molar-refractivity contribution in [2.24, 2.45) is 0 Å². The normalized spacial score (nSPS) is 10.7. The molecule has 0 N–H and O–H groups in total. The second-order valence-corrected chi connectivity index (χ2v) is 3.88. The van der Waals surface area contributed by atoms with Gasteiger partial charge in [0.2, 0.25) is 11.6 Å². The molecule has 2 aromatic heterocycles. The predicted molar refractivity (Wildman–Crippen MR) is 58.8 cm³/mol. The lowest BCUT2D eigenvalue weighted by Crippen LogP contribution is -2.07. The highest BCUT2D eigenvalue weighted by molar-refractivity contribution is 9.10. The minimum Gasteiger partial charge on any atom is -0.461 e. The fourth-order valence-corrected chi connectivity index (χ4v) is 1.77. The van der Waals surface area contributed by atoms with E-state index in [2.05, 4.69) is 20.9 Å². The minimum absolute atomic E-state index is 0.188. The fraction of sp³-hybridized carbons (Fsp3) is 0.200. The zero-order valence-electron chi connectivity index (χ0n) is 8.41. The van der Waals surface area contributed by atoms with Crippen LogP contribution in [-0.4, -0.2) is 22.0 Å². The van der Waals surface area contributed by atoms with Crippen LogP contribution in [0, 0.1) is 5.95 Å². The highest BCUT2D eigenvalue weighted by atomic mass is 79.9. The Bertz CT molecular complexity index is 553. The standard InChI is InChI=1S/C10H8BrFN2O2/c1-2-16-10(15)7-8(12)14-5-3-4-6(11)9(14)13-7/h3-5H,2H2,1H3. The maximum absolute atomic E-state index is 13.8. The number of pyridine rings is 1. The van der Waals surface area contributed by atoms with Gasteiger partial charge < -0.3 is 4.74 Å². The number of esters is 1. The second kappa shape index (κ2) is 4.21. The van der Waals surface area contributed by atoms with Crippen LogP contribution < -0.4 is 0 Å². The number of rotatable bonds is 2. The molecule has 84 valence electrons. The fourth-order valence-electron chi connectivity index (χ4n) is 1.33. The zero-order valence-corrected chi connectivity index (χ0v) is 9.99. The van der Waals surface area contributed by atoms with E-state index in [0.717, 1.165) is 0 Å². The largest absolute Gasteiger partial charge is 0.461 e. The van der Waals surface area contributed by atoms with Gasteiger partial charge in [0.1, 0.15) is 0 Å². The van der Waals surface area contributed by atoms with E-state index in [4.69, 9.17) is 4.74 Å². The van der Waals surface area contributed by atoms with E-state index in [-0.39, 0.29) is 12.3 Å². The van der Waals surface area contributed by atoms with Crippen molar-refractivity contribution in [1.29, 1.82) is 0 Å². The smallest absolute Gasteiger partial charge is 0.361 e. The quantitative estimate of drug-likeness (QED) is 0.797. The van der Waals surface area contributed by atoms with Gasteiger partial charge in [-0.05, 0) is 35.0 Å². The molecule has 0 aromatic carbocycles. The molecule has 0 amide bonds. The minimum atomic E-state index is -0.754. The first-order valence-electron chi connectivity index (χ1n) is 4.64. The van der Waals surface area contributed by atoms with E-state index < -0.39 is 11.9 Å². The molecule has 0 aliphatic heterocycles. The Kier molecular flexibility index (Phi) is 2.91. The predicted octanol–water partition coefficient (Wildman–Crippen LogP) is 2.41. The van der Waals surface area contributed by atoms with Crippen LogP contribution in [0.5, 0.6) is 0 Å². The van der Waals surface area contributed by atoms with Crippen molar-refractivity contribution in [2.75, 3.05) is 6.61 Å². The second-order valence-electron chi connectivity index (χ2n) is 3.02. The zero-order chi connectivity index (χ0) is 11.7. The van der Waals surface area contributed by atoms with Crippen molar-refractivity contribution < 1.29 is 13.9 Å². The van der Waals surface area contributed by atoms with Crippen LogP contribution >= 0.6 is 15.9 Å². The summed E-state index contributed by atoms with van der Waals surface area (Å²) in [6, 6.07) is 3.37. The van der Waals surface area contributed by atoms with Crippen LogP contribution in [-0.2, 0) is 4.74 Å². The molecule has 0 atom stereocenters. The maximum atomic E-state index is 13.8. The van der Waals surface area contributed by atoms with E-state index in [1.807, 2.05) is 0 Å². The highest BCUT2D eigenvalue weighted by Crippen LogP contribution is 2.20. The number of hydrogen-bond donors (Lipinski definition) is 0. The monoisotopic (exact) mass is 286 g/mol. The molecule has 2 heterocycles. The number of imidazole rings is 1. The molecule has 4 nitrogen and oxygen atoms in total. The first kappa shape index (κ1) is 11.1. The summed E-state index contributed by atoms with van der Waals surface area (Å²) in [6.45, 7) is 1.84. The summed E-state index contributed by atoms with van der Waals surface area (Å²) in [6.07, 6.45) is 1.49. The Morgan fingerprint density at radius 1 is 1.69 bits per heavy atom. The molecule has 0 spiro atoms. The molecule has 0 fully saturated rings. The van der Waals surface area contributed by atoms with E-state index in [0.29, 0.717) is 10.1 Å². The van der Waals surface area contributed by atoms with Gasteiger partial charge in [-0.15, -0.1) is 0 Å². The first-order valence-corrected chi connectivity index (χ1v) is 5.43. The van der Waals surface area contributed by atoms with E-state index in [1.165, 1.54) is 10.6 Å². The van der Waals surface area contributed by atoms with Gasteiger partial charge in [0.15, 0.2) is 5.65 Å². The molecule has 0 bridgehead atoms. The summed E-state index contributed by atoms with van der Waals surface area (Å²) < 4.78 is 20.3. The van der Waals surface area contributed by atoms with Crippen molar-refractivity contribution in [1.82, 2.24) is 9.38 Å². The SMILES string of the molecule is CCOC(=O)c1nc2c(Br)cccn2c1F. The van der Waals surface area contributed by atoms with E-state index in [9.17, 15) is 9.18 Å². The Morgan fingerprint density at radius 3 is 3.06 bits per heavy atom. The highest BCUT2D eigenvalue weighted by Gasteiger charge is 2.20. The van der Waals surface area contributed by atoms with Crippen LogP contribution in [0.3, 0.4) is 0 Å². The molecule has 0 unspecified atom stereocenters. The lowest BCUT2D eigenvalue weighted by molar-refractivity contribution is 0.0514. The third-order valence-electron chi connectivity index (χ3n) is 2.01. The van der Waals surface area contributed by atoms with Crippen molar-refractivity contribution in [2.45, 2.75) is 6.92 Å². The van der Waals surface area contributed by atoms with Gasteiger partial charge >= 0.3 is 5.97 Å². The molecule has 0 saturated heterocycles. The lowest BCUT2D eigenvalue weighted by Gasteiger charge is -1.96. The number of nitrogens with zero attached hydrogens (tertiary/aromatic N) is 2. The van der Waals surface area contributed by atoms with Gasteiger partial charge in [-0.2, -0.15) is 4.39 Å². The Balaban J connectivity index is 2.60. The van der Waals surface area contributed by atoms with Crippen molar-refractivity contribution in [3.63, 3.8) is 0 Å². The van der Waals surface area contributed by atoms with Crippen LogP contribution in [0.2, 0.25) is 0 Å². The number of carbonyl (C=O) groups excluding carboxylic acids is 1. The number of hydrogen-bond acceptors (Lipinski definition) is 3. The number of ether oxygens (including phenoxy) is 1. The first-order chi connectivity index (χ1) is 7.65. The van der Waals surface area contributed by atoms with Crippen molar-refractivity contribution >= 4 is 27.5 Å². The molecule has 6 heteroatoms. The summed E-state index contributed by atoms with van der Waals surface area (Å²) >= 11 is 3.23. The summed E-state index contributed by atoms with van der Waals surface area (Å²) in [4.78, 5) is 15.3. The van der Waals surface area contributed by atoms with Gasteiger partial charge in [-0.25, -0.2) is 9.78 Å². The maximum Gasteiger partial charge on any atom is 0.361 e. The molecule has 0 saturated carbocycles. The molecular weight excluding hydrogens is 279 g/mol.